The lowest BCUT2D eigenvalue weighted by Crippen LogP contribution is -2.45. The summed E-state index contributed by atoms with van der Waals surface area (Å²) in [5.74, 6) is 0.354. The van der Waals surface area contributed by atoms with Gasteiger partial charge in [-0.05, 0) is 23.3 Å². The van der Waals surface area contributed by atoms with E-state index in [9.17, 15) is 5.11 Å². The molecule has 1 aliphatic rings. The van der Waals surface area contributed by atoms with Gasteiger partial charge in [0.25, 0.3) is 0 Å². The summed E-state index contributed by atoms with van der Waals surface area (Å²) in [6, 6.07) is 18.0. The molecule has 1 aliphatic heterocycles. The molecule has 2 aromatic rings. The molecule has 120 valence electrons. The lowest BCUT2D eigenvalue weighted by molar-refractivity contribution is 0.137. The van der Waals surface area contributed by atoms with Gasteiger partial charge in [-0.2, -0.15) is 0 Å². The fourth-order valence-electron chi connectivity index (χ4n) is 2.95. The molecule has 3 rings (SSSR count). The van der Waals surface area contributed by atoms with Crippen LogP contribution in [0.4, 0.5) is 0 Å². The number of piperazine rings is 1. The van der Waals surface area contributed by atoms with Crippen LogP contribution in [0.1, 0.15) is 11.1 Å². The average Bonchev–Trinajstić information content (AvgIpc) is 2.58. The van der Waals surface area contributed by atoms with Crippen LogP contribution in [-0.4, -0.2) is 47.6 Å². The molecule has 0 bridgehead atoms. The van der Waals surface area contributed by atoms with E-state index in [1.54, 1.807) is 6.07 Å². The van der Waals surface area contributed by atoms with Crippen LogP contribution in [0.15, 0.2) is 60.7 Å². The minimum Gasteiger partial charge on any atom is -0.508 e. The van der Waals surface area contributed by atoms with E-state index in [1.165, 1.54) is 11.1 Å². The Balaban J connectivity index is 1.42. The predicted octanol–water partition coefficient (Wildman–Crippen LogP) is 3.22. The van der Waals surface area contributed by atoms with Crippen LogP contribution in [0, 0.1) is 0 Å². The second-order valence-electron chi connectivity index (χ2n) is 6.06. The van der Waals surface area contributed by atoms with Crippen molar-refractivity contribution in [2.24, 2.45) is 0 Å². The highest BCUT2D eigenvalue weighted by Crippen LogP contribution is 2.14. The molecule has 0 aliphatic carbocycles. The first-order valence-corrected chi connectivity index (χ1v) is 8.24. The normalized spacial score (nSPS) is 16.9. The van der Waals surface area contributed by atoms with Crippen LogP contribution in [0.2, 0.25) is 0 Å². The number of phenolic OH excluding ortho intramolecular Hbond substituents is 1. The lowest BCUT2D eigenvalue weighted by Gasteiger charge is -2.34. The lowest BCUT2D eigenvalue weighted by atomic mass is 10.2. The summed E-state index contributed by atoms with van der Waals surface area (Å²) in [6.45, 7) is 6.27. The molecule has 1 N–H and O–H groups in total. The first-order valence-electron chi connectivity index (χ1n) is 8.24. The van der Waals surface area contributed by atoms with Gasteiger partial charge in [0, 0.05) is 39.3 Å². The van der Waals surface area contributed by atoms with E-state index in [0.29, 0.717) is 5.75 Å². The zero-order valence-electron chi connectivity index (χ0n) is 13.4. The Morgan fingerprint density at radius 3 is 2.35 bits per heavy atom. The van der Waals surface area contributed by atoms with Crippen LogP contribution >= 0.6 is 0 Å². The highest BCUT2D eigenvalue weighted by Gasteiger charge is 2.15. The molecule has 3 heteroatoms. The molecular weight excluding hydrogens is 284 g/mol. The van der Waals surface area contributed by atoms with Crippen molar-refractivity contribution in [3.8, 4) is 5.75 Å². The molecule has 0 unspecified atom stereocenters. The Kier molecular flexibility index (Phi) is 5.46. The smallest absolute Gasteiger partial charge is 0.115 e. The zero-order chi connectivity index (χ0) is 15.9. The van der Waals surface area contributed by atoms with Gasteiger partial charge in [-0.15, -0.1) is 0 Å². The maximum Gasteiger partial charge on any atom is 0.115 e. The molecule has 1 fully saturated rings. The molecule has 0 saturated carbocycles. The summed E-state index contributed by atoms with van der Waals surface area (Å²) in [5, 5.41) is 9.54. The fourth-order valence-corrected chi connectivity index (χ4v) is 2.95. The summed E-state index contributed by atoms with van der Waals surface area (Å²) < 4.78 is 0. The van der Waals surface area contributed by atoms with Crippen molar-refractivity contribution >= 4 is 6.08 Å². The summed E-state index contributed by atoms with van der Waals surface area (Å²) in [4.78, 5) is 4.94. The van der Waals surface area contributed by atoms with Crippen LogP contribution in [0.5, 0.6) is 5.75 Å². The minimum absolute atomic E-state index is 0.354. The summed E-state index contributed by atoms with van der Waals surface area (Å²) in [5.41, 5.74) is 2.44. The molecule has 0 atom stereocenters. The van der Waals surface area contributed by atoms with Gasteiger partial charge in [-0.25, -0.2) is 0 Å². The third-order valence-corrected chi connectivity index (χ3v) is 4.26. The van der Waals surface area contributed by atoms with E-state index in [1.807, 2.05) is 18.2 Å². The SMILES string of the molecule is Oc1cccc(CN2CCN(C/C=C/c3ccccc3)CC2)c1. The second-order valence-corrected chi connectivity index (χ2v) is 6.06. The molecule has 0 amide bonds. The number of hydrogen-bond acceptors (Lipinski definition) is 3. The van der Waals surface area contributed by atoms with E-state index < -0.39 is 0 Å². The highest BCUT2D eigenvalue weighted by molar-refractivity contribution is 5.48. The molecule has 0 spiro atoms. The third-order valence-electron chi connectivity index (χ3n) is 4.26. The zero-order valence-corrected chi connectivity index (χ0v) is 13.4. The van der Waals surface area contributed by atoms with E-state index in [-0.39, 0.29) is 0 Å². The van der Waals surface area contributed by atoms with Gasteiger partial charge >= 0.3 is 0 Å². The number of rotatable bonds is 5. The van der Waals surface area contributed by atoms with E-state index >= 15 is 0 Å². The quantitative estimate of drug-likeness (QED) is 0.919. The summed E-state index contributed by atoms with van der Waals surface area (Å²) >= 11 is 0. The van der Waals surface area contributed by atoms with Crippen molar-refractivity contribution in [3.05, 3.63) is 71.8 Å². The van der Waals surface area contributed by atoms with Gasteiger partial charge in [0.1, 0.15) is 5.75 Å². The topological polar surface area (TPSA) is 26.7 Å². The first-order chi connectivity index (χ1) is 11.3. The van der Waals surface area contributed by atoms with Gasteiger partial charge < -0.3 is 5.11 Å². The van der Waals surface area contributed by atoms with Gasteiger partial charge in [-0.3, -0.25) is 9.80 Å². The van der Waals surface area contributed by atoms with Crippen molar-refractivity contribution < 1.29 is 5.11 Å². The molecule has 2 aromatic carbocycles. The Hall–Kier alpha value is -2.10. The standard InChI is InChI=1S/C20H24N2O/c23-20-10-4-8-19(16-20)17-22-14-12-21(13-15-22)11-5-9-18-6-2-1-3-7-18/h1-10,16,23H,11-15,17H2/b9-5+. The van der Waals surface area contributed by atoms with Gasteiger partial charge in [-0.1, -0.05) is 54.6 Å². The Labute approximate surface area is 138 Å². The maximum absolute atomic E-state index is 9.54. The second kappa shape index (κ2) is 7.95. The number of phenols is 1. The Morgan fingerprint density at radius 2 is 1.61 bits per heavy atom. The van der Waals surface area contributed by atoms with Crippen molar-refractivity contribution in [2.45, 2.75) is 6.54 Å². The van der Waals surface area contributed by atoms with Gasteiger partial charge in [0.2, 0.25) is 0 Å². The fraction of sp³-hybridized carbons (Fsp3) is 0.300. The van der Waals surface area contributed by atoms with Crippen molar-refractivity contribution in [3.63, 3.8) is 0 Å². The molecule has 0 radical (unpaired) electrons. The van der Waals surface area contributed by atoms with Crippen LogP contribution in [-0.2, 0) is 6.54 Å². The van der Waals surface area contributed by atoms with Gasteiger partial charge in [0.05, 0.1) is 0 Å². The van der Waals surface area contributed by atoms with Crippen molar-refractivity contribution in [1.82, 2.24) is 9.80 Å². The van der Waals surface area contributed by atoms with E-state index in [2.05, 4.69) is 52.3 Å². The molecule has 1 heterocycles. The molecule has 3 nitrogen and oxygen atoms in total. The van der Waals surface area contributed by atoms with Gasteiger partial charge in [0.15, 0.2) is 0 Å². The monoisotopic (exact) mass is 308 g/mol. The Bertz CT molecular complexity index is 631. The first kappa shape index (κ1) is 15.8. The molecule has 23 heavy (non-hydrogen) atoms. The number of aromatic hydroxyl groups is 1. The minimum atomic E-state index is 0.354. The Morgan fingerprint density at radius 1 is 0.870 bits per heavy atom. The van der Waals surface area contributed by atoms with Crippen LogP contribution in [0.3, 0.4) is 0 Å². The predicted molar refractivity (Wildman–Crippen MR) is 95.3 cm³/mol. The summed E-state index contributed by atoms with van der Waals surface area (Å²) in [7, 11) is 0. The molecule has 0 aromatic heterocycles. The molecular formula is C20H24N2O. The average molecular weight is 308 g/mol. The van der Waals surface area contributed by atoms with Crippen molar-refractivity contribution in [1.29, 1.82) is 0 Å². The summed E-state index contributed by atoms with van der Waals surface area (Å²) in [6.07, 6.45) is 4.44. The third kappa shape index (κ3) is 4.95. The number of benzene rings is 2. The van der Waals surface area contributed by atoms with E-state index in [4.69, 9.17) is 0 Å². The number of hydrogen-bond donors (Lipinski definition) is 1. The van der Waals surface area contributed by atoms with Crippen molar-refractivity contribution in [2.75, 3.05) is 32.7 Å². The number of nitrogens with zero attached hydrogens (tertiary/aromatic N) is 2. The van der Waals surface area contributed by atoms with E-state index in [0.717, 1.165) is 39.3 Å². The van der Waals surface area contributed by atoms with Crippen LogP contribution in [0.25, 0.3) is 6.08 Å². The molecule has 1 saturated heterocycles. The highest BCUT2D eigenvalue weighted by atomic mass is 16.3. The largest absolute Gasteiger partial charge is 0.508 e. The van der Waals surface area contributed by atoms with Crippen LogP contribution < -0.4 is 0 Å². The maximum atomic E-state index is 9.54.